The Hall–Kier alpha value is -1.22. The lowest BCUT2D eigenvalue weighted by Crippen LogP contribution is -2.45. The molecule has 1 N–H and O–H groups in total. The Bertz CT molecular complexity index is 513. The fraction of sp³-hybridized carbons (Fsp3) is 0.625. The minimum atomic E-state index is -0.418. The van der Waals surface area contributed by atoms with Gasteiger partial charge in [-0.2, -0.15) is 0 Å². The van der Waals surface area contributed by atoms with Gasteiger partial charge in [0, 0.05) is 12.0 Å². The van der Waals surface area contributed by atoms with Crippen molar-refractivity contribution in [3.63, 3.8) is 0 Å². The fourth-order valence-electron chi connectivity index (χ4n) is 4.47. The minimum absolute atomic E-state index is 0.0933. The zero-order valence-electron chi connectivity index (χ0n) is 11.3. The molecule has 19 heavy (non-hydrogen) atoms. The third-order valence-corrected chi connectivity index (χ3v) is 5.35. The van der Waals surface area contributed by atoms with Crippen LogP contribution in [0.4, 0.5) is 0 Å². The van der Waals surface area contributed by atoms with E-state index in [1.165, 1.54) is 19.3 Å². The Morgan fingerprint density at radius 2 is 2.21 bits per heavy atom. The van der Waals surface area contributed by atoms with E-state index in [0.29, 0.717) is 5.92 Å². The number of hydrogen-bond acceptors (Lipinski definition) is 3. The van der Waals surface area contributed by atoms with Crippen LogP contribution in [0.5, 0.6) is 11.5 Å². The Labute approximate surface area is 113 Å². The maximum absolute atomic E-state index is 10.5. The van der Waals surface area contributed by atoms with Crippen LogP contribution in [-0.2, 0) is 0 Å². The number of rotatable bonds is 1. The molecule has 1 aliphatic heterocycles. The van der Waals surface area contributed by atoms with E-state index in [4.69, 9.17) is 9.47 Å². The lowest BCUT2D eigenvalue weighted by molar-refractivity contribution is -0.0510. The van der Waals surface area contributed by atoms with Crippen LogP contribution < -0.4 is 9.47 Å². The Morgan fingerprint density at radius 1 is 1.32 bits per heavy atom. The van der Waals surface area contributed by atoms with Gasteiger partial charge in [0.1, 0.15) is 17.1 Å². The molecule has 3 nitrogen and oxygen atoms in total. The lowest BCUT2D eigenvalue weighted by atomic mass is 9.77. The van der Waals surface area contributed by atoms with Crippen LogP contribution in [0.2, 0.25) is 0 Å². The molecule has 0 radical (unpaired) electrons. The second-order valence-corrected chi connectivity index (χ2v) is 6.37. The number of ether oxygens (including phenoxy) is 2. The predicted molar refractivity (Wildman–Crippen MR) is 71.4 cm³/mol. The van der Waals surface area contributed by atoms with Gasteiger partial charge in [-0.25, -0.2) is 0 Å². The molecule has 2 aliphatic carbocycles. The summed E-state index contributed by atoms with van der Waals surface area (Å²) in [6.45, 7) is 0. The smallest absolute Gasteiger partial charge is 0.126 e. The third-order valence-electron chi connectivity index (χ3n) is 5.35. The van der Waals surface area contributed by atoms with Gasteiger partial charge in [-0.1, -0.05) is 0 Å². The summed E-state index contributed by atoms with van der Waals surface area (Å²) in [7, 11) is 1.65. The summed E-state index contributed by atoms with van der Waals surface area (Å²) in [5.74, 6) is 3.09. The van der Waals surface area contributed by atoms with Crippen LogP contribution >= 0.6 is 0 Å². The van der Waals surface area contributed by atoms with Gasteiger partial charge in [-0.3, -0.25) is 0 Å². The summed E-state index contributed by atoms with van der Waals surface area (Å²) >= 11 is 0. The van der Waals surface area contributed by atoms with E-state index in [1.54, 1.807) is 7.11 Å². The van der Waals surface area contributed by atoms with Gasteiger partial charge in [-0.15, -0.1) is 0 Å². The summed E-state index contributed by atoms with van der Waals surface area (Å²) in [5.41, 5.74) is 0.789. The largest absolute Gasteiger partial charge is 0.497 e. The van der Waals surface area contributed by atoms with Crippen LogP contribution in [0.1, 0.15) is 43.8 Å². The van der Waals surface area contributed by atoms with Gasteiger partial charge in [0.05, 0.1) is 13.2 Å². The molecule has 3 heteroatoms. The molecule has 4 unspecified atom stereocenters. The van der Waals surface area contributed by atoms with Gasteiger partial charge in [-0.05, 0) is 55.7 Å². The summed E-state index contributed by atoms with van der Waals surface area (Å²) in [6.07, 6.45) is 5.36. The minimum Gasteiger partial charge on any atom is -0.497 e. The van der Waals surface area contributed by atoms with Crippen LogP contribution in [0, 0.1) is 11.8 Å². The normalized spacial score (nSPS) is 39.2. The Balaban J connectivity index is 1.71. The number of aliphatic hydroxyl groups is 1. The summed E-state index contributed by atoms with van der Waals surface area (Å²) in [6, 6.07) is 5.77. The van der Waals surface area contributed by atoms with E-state index in [-0.39, 0.29) is 5.60 Å². The second-order valence-electron chi connectivity index (χ2n) is 6.37. The summed E-state index contributed by atoms with van der Waals surface area (Å²) < 4.78 is 11.6. The third kappa shape index (κ3) is 1.61. The Morgan fingerprint density at radius 3 is 2.89 bits per heavy atom. The maximum atomic E-state index is 10.5. The van der Waals surface area contributed by atoms with Gasteiger partial charge in [0.2, 0.25) is 0 Å². The van der Waals surface area contributed by atoms with Gasteiger partial charge in [0.25, 0.3) is 0 Å². The van der Waals surface area contributed by atoms with Gasteiger partial charge < -0.3 is 14.6 Å². The van der Waals surface area contributed by atoms with E-state index < -0.39 is 6.10 Å². The van der Waals surface area contributed by atoms with Crippen molar-refractivity contribution in [3.8, 4) is 11.5 Å². The molecular formula is C16H20O3. The van der Waals surface area contributed by atoms with Crippen molar-refractivity contribution in [1.29, 1.82) is 0 Å². The average Bonchev–Trinajstić information content (AvgIpc) is 2.99. The van der Waals surface area contributed by atoms with E-state index in [1.807, 2.05) is 18.2 Å². The zero-order valence-corrected chi connectivity index (χ0v) is 11.3. The fourth-order valence-corrected chi connectivity index (χ4v) is 4.47. The quantitative estimate of drug-likeness (QED) is 0.843. The Kier molecular flexibility index (Phi) is 2.37. The van der Waals surface area contributed by atoms with Crippen molar-refractivity contribution in [2.45, 2.75) is 43.8 Å². The molecule has 2 fully saturated rings. The van der Waals surface area contributed by atoms with Crippen molar-refractivity contribution in [2.75, 3.05) is 7.11 Å². The van der Waals surface area contributed by atoms with Crippen LogP contribution in [0.3, 0.4) is 0 Å². The molecule has 3 aliphatic rings. The standard InChI is InChI=1S/C16H20O3/c1-18-12-4-5-15-13(7-12)14(17)9-16(19-15)8-10-2-3-11(16)6-10/h4-5,7,10-11,14,17H,2-3,6,8-9H2,1H3. The van der Waals surface area contributed by atoms with E-state index in [2.05, 4.69) is 0 Å². The number of benzene rings is 1. The van der Waals surface area contributed by atoms with Crippen LogP contribution in [0.15, 0.2) is 18.2 Å². The summed E-state index contributed by atoms with van der Waals surface area (Å²) in [4.78, 5) is 0. The molecular weight excluding hydrogens is 240 g/mol. The molecule has 0 aromatic heterocycles. The van der Waals surface area contributed by atoms with Crippen molar-refractivity contribution in [2.24, 2.45) is 11.8 Å². The van der Waals surface area contributed by atoms with E-state index in [0.717, 1.165) is 35.8 Å². The highest BCUT2D eigenvalue weighted by atomic mass is 16.5. The van der Waals surface area contributed by atoms with Gasteiger partial charge >= 0.3 is 0 Å². The molecule has 1 aromatic rings. The van der Waals surface area contributed by atoms with Crippen molar-refractivity contribution >= 4 is 0 Å². The van der Waals surface area contributed by atoms with Crippen LogP contribution in [0.25, 0.3) is 0 Å². The second kappa shape index (κ2) is 3.89. The molecule has 0 saturated heterocycles. The molecule has 2 saturated carbocycles. The molecule has 1 heterocycles. The number of aliphatic hydroxyl groups excluding tert-OH is 1. The highest BCUT2D eigenvalue weighted by Gasteiger charge is 2.55. The monoisotopic (exact) mass is 260 g/mol. The molecule has 4 atom stereocenters. The first-order valence-corrected chi connectivity index (χ1v) is 7.25. The highest BCUT2D eigenvalue weighted by molar-refractivity contribution is 5.44. The van der Waals surface area contributed by atoms with Crippen molar-refractivity contribution in [1.82, 2.24) is 0 Å². The highest BCUT2D eigenvalue weighted by Crippen LogP contribution is 2.58. The molecule has 2 bridgehead atoms. The molecule has 0 amide bonds. The number of fused-ring (bicyclic) bond motifs is 4. The number of methoxy groups -OCH3 is 1. The first-order chi connectivity index (χ1) is 9.20. The first kappa shape index (κ1) is 11.6. The first-order valence-electron chi connectivity index (χ1n) is 7.25. The molecule has 1 spiro atoms. The number of hydrogen-bond donors (Lipinski definition) is 1. The lowest BCUT2D eigenvalue weighted by Gasteiger charge is -2.43. The van der Waals surface area contributed by atoms with E-state index in [9.17, 15) is 5.11 Å². The SMILES string of the molecule is COc1ccc2c(c1)C(O)CC1(CC3CCC1C3)O2. The van der Waals surface area contributed by atoms with E-state index >= 15 is 0 Å². The zero-order chi connectivity index (χ0) is 13.0. The topological polar surface area (TPSA) is 38.7 Å². The molecule has 4 rings (SSSR count). The van der Waals surface area contributed by atoms with Gasteiger partial charge in [0.15, 0.2) is 0 Å². The van der Waals surface area contributed by atoms with Crippen molar-refractivity contribution < 1.29 is 14.6 Å². The average molecular weight is 260 g/mol. The summed E-state index contributed by atoms with van der Waals surface area (Å²) in [5, 5.41) is 10.5. The van der Waals surface area contributed by atoms with Crippen LogP contribution in [-0.4, -0.2) is 17.8 Å². The molecule has 1 aromatic carbocycles. The predicted octanol–water partition coefficient (Wildman–Crippen LogP) is 3.07. The maximum Gasteiger partial charge on any atom is 0.126 e. The molecule has 102 valence electrons. The van der Waals surface area contributed by atoms with Crippen molar-refractivity contribution in [3.05, 3.63) is 23.8 Å².